The summed E-state index contributed by atoms with van der Waals surface area (Å²) >= 11 is 0. The topological polar surface area (TPSA) is 216 Å². The van der Waals surface area contributed by atoms with Gasteiger partial charge in [0.2, 0.25) is 23.6 Å². The molecule has 2 aromatic carbocycles. The first-order valence-corrected chi connectivity index (χ1v) is 29.4. The number of ether oxygens (including phenoxy) is 6. The van der Waals surface area contributed by atoms with E-state index in [4.69, 9.17) is 39.4 Å². The predicted octanol–water partition coefficient (Wildman–Crippen LogP) is 10.1. The third kappa shape index (κ3) is 15.5. The molecule has 4 aromatic rings. The zero-order valence-corrected chi connectivity index (χ0v) is 53.5. The number of esters is 2. The van der Waals surface area contributed by atoms with Gasteiger partial charge in [0, 0.05) is 66.1 Å². The second-order valence-corrected chi connectivity index (χ2v) is 25.4. The van der Waals surface area contributed by atoms with Crippen molar-refractivity contribution in [2.45, 2.75) is 201 Å². The molecule has 2 aromatic heterocycles. The van der Waals surface area contributed by atoms with E-state index in [1.165, 1.54) is 24.0 Å². The van der Waals surface area contributed by atoms with Crippen LogP contribution in [0.3, 0.4) is 0 Å². The van der Waals surface area contributed by atoms with Crippen LogP contribution in [0.25, 0.3) is 22.1 Å². The molecule has 2 radical (unpaired) electrons. The molecule has 18 nitrogen and oxygen atoms in total. The zero-order chi connectivity index (χ0) is 66.7. The Morgan fingerprint density at radius 1 is 0.635 bits per heavy atom. The van der Waals surface area contributed by atoms with E-state index in [0.29, 0.717) is 84.9 Å². The Hall–Kier alpha value is -5.29. The Morgan fingerprint density at radius 3 is 1.53 bits per heavy atom. The van der Waals surface area contributed by atoms with E-state index >= 15 is 0 Å². The van der Waals surface area contributed by atoms with Crippen molar-refractivity contribution >= 4 is 58.4 Å². The minimum atomic E-state index is -2.63. The van der Waals surface area contributed by atoms with E-state index < -0.39 is 102 Å². The maximum Gasteiger partial charge on any atom is 0.307 e. The van der Waals surface area contributed by atoms with Gasteiger partial charge in [-0.3, -0.25) is 19.2 Å². The van der Waals surface area contributed by atoms with Crippen molar-refractivity contribution in [3.05, 3.63) is 47.8 Å². The van der Waals surface area contributed by atoms with Gasteiger partial charge < -0.3 is 47.8 Å². The minimum absolute atomic E-state index is 0. The largest absolute Gasteiger partial charge is 0.540 e. The molecule has 10 rings (SSSR count). The molecule has 0 N–H and O–H groups in total. The Bertz CT molecular complexity index is 3430. The van der Waals surface area contributed by atoms with Crippen LogP contribution < -0.4 is 18.9 Å². The summed E-state index contributed by atoms with van der Waals surface area (Å²) < 4.78 is 107. The summed E-state index contributed by atoms with van der Waals surface area (Å²) in [7, 11) is 3.01. The molecular weight excluding hydrogens is 1160 g/mol. The number of fused-ring (bicyclic) bond motifs is 10. The minimum Gasteiger partial charge on any atom is -0.540 e. The number of amides is 2. The number of hydrogen-bond acceptors (Lipinski definition) is 16. The summed E-state index contributed by atoms with van der Waals surface area (Å²) in [4.78, 5) is 101. The molecule has 460 valence electrons. The number of nitrogens with zero attached hydrogens (tertiary/aromatic N) is 6. The van der Waals surface area contributed by atoms with Gasteiger partial charge in [-0.25, -0.2) is 32.5 Å². The number of carbonyl (C=O) groups excluding carboxylic acids is 6. The van der Waals surface area contributed by atoms with E-state index in [0.717, 1.165) is 0 Å². The Balaban J connectivity index is 0.000000258. The molecule has 4 aliphatic heterocycles. The molecule has 2 aliphatic carbocycles. The monoisotopic (exact) mass is 1250 g/mol. The van der Waals surface area contributed by atoms with E-state index in [-0.39, 0.29) is 129 Å². The summed E-state index contributed by atoms with van der Waals surface area (Å²) in [6.07, 6.45) is -4.41. The fraction of sp³-hybridized carbons (Fsp3) is 0.662. The van der Waals surface area contributed by atoms with Crippen LogP contribution in [-0.4, -0.2) is 129 Å². The Labute approximate surface area is 536 Å². The number of methoxy groups -OCH3 is 2. The molecule has 4 fully saturated rings. The van der Waals surface area contributed by atoms with Crippen LogP contribution >= 0.6 is 0 Å². The molecule has 12 atom stereocenters. The molecule has 6 aliphatic rings. The van der Waals surface area contributed by atoms with E-state index in [1.807, 2.05) is 74.9 Å². The van der Waals surface area contributed by atoms with Crippen LogP contribution in [0.2, 0.25) is 0 Å². The number of carbonyl (C=O) groups is 4. The molecule has 6 heterocycles. The molecule has 0 spiro atoms. The summed E-state index contributed by atoms with van der Waals surface area (Å²) in [5.41, 5.74) is -1.17. The smallest absolute Gasteiger partial charge is 0.307 e. The first kappa shape index (κ1) is 56.2. The van der Waals surface area contributed by atoms with Gasteiger partial charge in [0.1, 0.15) is 46.8 Å². The van der Waals surface area contributed by atoms with Gasteiger partial charge in [0.15, 0.2) is 0 Å². The van der Waals surface area contributed by atoms with Gasteiger partial charge >= 0.3 is 11.9 Å². The SMILES string of the molecule is [2H]C1([2H])CCC[C@@H]2C[C@@]2(C)OC(=O)C[C@@H](C(C)(C)C)C(=O)N2C[C@H](Oc3nc4cc(OC)ccc4nc3C1([2H])[2H])[C@@H](CC)[C@H]2[C-]=O.[2H]C1([2H])CCC[C@@H]2C[C@H]2OC(=O)C[C@@H](C(C)(C)C)C(=O)N2C[C@H](Oc3nc4cc(OC)ccc4nc3C1([2H])[2H])[C@@H](CC)[C@H]2[C-]=O.[V].[V]. The van der Waals surface area contributed by atoms with E-state index in [1.54, 1.807) is 36.4 Å². The zero-order valence-electron chi connectivity index (χ0n) is 58.7. The maximum absolute atomic E-state index is 14.2. The van der Waals surface area contributed by atoms with Crippen molar-refractivity contribution in [1.82, 2.24) is 29.7 Å². The van der Waals surface area contributed by atoms with Gasteiger partial charge in [0.05, 0.1) is 74.1 Å². The number of aromatic nitrogens is 4. The number of benzene rings is 2. The van der Waals surface area contributed by atoms with Crippen LogP contribution in [0.1, 0.15) is 174 Å². The van der Waals surface area contributed by atoms with E-state index in [9.17, 15) is 28.8 Å². The first-order chi connectivity index (χ1) is 42.6. The second-order valence-electron chi connectivity index (χ2n) is 25.4. The fourth-order valence-electron chi connectivity index (χ4n) is 12.2. The molecule has 2 amide bonds. The second kappa shape index (κ2) is 28.3. The molecule has 0 unspecified atom stereocenters. The number of hydrogen-bond donors (Lipinski definition) is 0. The third-order valence-electron chi connectivity index (χ3n) is 17.6. The van der Waals surface area contributed by atoms with Gasteiger partial charge in [-0.2, -0.15) is 0 Å². The normalized spacial score (nSPS) is 33.2. The molecule has 2 saturated carbocycles. The van der Waals surface area contributed by atoms with Crippen molar-refractivity contribution in [3.8, 4) is 23.3 Å². The number of aryl methyl sites for hydroxylation is 2. The standard InChI is InChI=1S/C33H44N3O6.C32H42N3O6.2V/c1-7-22-27(19-37)36-18-28(22)41-30-25(34-24-14-13-21(40-6)15-26(24)35-30)12-10-8-9-11-20-17-33(20,5)42-29(38)16-23(31(36)39)32(2,3)4;1-6-21-26(18-36)35-17-28(21)41-30-24(33-23-13-12-20(39-5)15-25(23)34-30)11-9-7-8-10-19-14-27(19)40-29(37)16-22(31(35)38)32(2,3)4;;/h13-15,20,22-23,27-28H,7-12,16-18H2,1-6H3;12-13,15,19,21-22,26-28H,6-11,14,16-17H2,1-5H3;;/q2*-1;;/t20-,22+,23-,27-,28+,33-;19-,21+,22-,26-,27-,28+;;/m11../s1/i10D2,12D2;9D2,11D2;;. The molecule has 4 bridgehead atoms. The predicted molar refractivity (Wildman–Crippen MR) is 311 cm³/mol. The van der Waals surface area contributed by atoms with Crippen LogP contribution in [0, 0.1) is 46.3 Å². The Kier molecular flexibility index (Phi) is 18.7. The summed E-state index contributed by atoms with van der Waals surface area (Å²) in [5.74, 6) is -3.71. The number of rotatable bonds is 6. The van der Waals surface area contributed by atoms with Gasteiger partial charge in [-0.1, -0.05) is 106 Å². The first-order valence-electron chi connectivity index (χ1n) is 33.4. The van der Waals surface area contributed by atoms with Crippen molar-refractivity contribution in [2.75, 3.05) is 27.3 Å². The van der Waals surface area contributed by atoms with Crippen molar-refractivity contribution < 1.29 is 105 Å². The van der Waals surface area contributed by atoms with Crippen LogP contribution in [0.4, 0.5) is 0 Å². The van der Waals surface area contributed by atoms with Gasteiger partial charge in [-0.05, 0) is 111 Å². The average molecular weight is 1250 g/mol. The summed E-state index contributed by atoms with van der Waals surface area (Å²) in [6, 6.07) is 7.90. The molecular formula is C65H86N6O12V2-2. The van der Waals surface area contributed by atoms with Crippen molar-refractivity contribution in [3.63, 3.8) is 0 Å². The maximum atomic E-state index is 14.2. The fourth-order valence-corrected chi connectivity index (χ4v) is 12.2. The van der Waals surface area contributed by atoms with Gasteiger partial charge in [0.25, 0.3) is 0 Å². The molecule has 85 heavy (non-hydrogen) atoms. The summed E-state index contributed by atoms with van der Waals surface area (Å²) in [6.45, 7) is 16.7. The average Bonchev–Trinajstić information content (AvgIpc) is 1.76. The van der Waals surface area contributed by atoms with Crippen LogP contribution in [0.5, 0.6) is 23.3 Å². The molecule has 20 heteroatoms. The van der Waals surface area contributed by atoms with E-state index in [2.05, 4.69) is 19.9 Å². The van der Waals surface area contributed by atoms with Crippen molar-refractivity contribution in [2.24, 2.45) is 46.3 Å². The van der Waals surface area contributed by atoms with Crippen LogP contribution in [-0.2, 0) is 88.1 Å². The third-order valence-corrected chi connectivity index (χ3v) is 17.6. The Morgan fingerprint density at radius 2 is 1.09 bits per heavy atom. The summed E-state index contributed by atoms with van der Waals surface area (Å²) in [5, 5.41) is 0. The van der Waals surface area contributed by atoms with Crippen molar-refractivity contribution in [1.29, 1.82) is 0 Å². The quantitative estimate of drug-likeness (QED) is 0.130. The van der Waals surface area contributed by atoms with Gasteiger partial charge in [-0.15, -0.1) is 0 Å². The molecule has 2 saturated heterocycles. The van der Waals surface area contributed by atoms with Crippen LogP contribution in [0.15, 0.2) is 36.4 Å².